The molecule has 0 aliphatic carbocycles. The molecule has 0 amide bonds. The fourth-order valence-corrected chi connectivity index (χ4v) is 2.81. The zero-order chi connectivity index (χ0) is 13.8. The van der Waals surface area contributed by atoms with Gasteiger partial charge in [-0.1, -0.05) is 13.3 Å². The Hall–Kier alpha value is -1.40. The van der Waals surface area contributed by atoms with Gasteiger partial charge < -0.3 is 10.1 Å². The second-order valence-corrected chi connectivity index (χ2v) is 5.31. The van der Waals surface area contributed by atoms with Gasteiger partial charge in [0.25, 0.3) is 0 Å². The van der Waals surface area contributed by atoms with Gasteiger partial charge in [-0.15, -0.1) is 0 Å². The van der Waals surface area contributed by atoms with E-state index in [4.69, 9.17) is 9.84 Å². The van der Waals surface area contributed by atoms with Crippen molar-refractivity contribution in [3.8, 4) is 0 Å². The average Bonchev–Trinajstić information content (AvgIpc) is 2.85. The lowest BCUT2D eigenvalue weighted by atomic mass is 10.2. The van der Waals surface area contributed by atoms with Gasteiger partial charge in [0.15, 0.2) is 0 Å². The summed E-state index contributed by atoms with van der Waals surface area (Å²) in [4.78, 5) is 6.69. The first-order chi connectivity index (χ1) is 9.88. The van der Waals surface area contributed by atoms with Crippen molar-refractivity contribution in [2.45, 2.75) is 32.9 Å². The topological polar surface area (TPSA) is 54.7 Å². The highest BCUT2D eigenvalue weighted by molar-refractivity contribution is 5.80. The fraction of sp³-hybridized carbons (Fsp3) is 0.714. The summed E-state index contributed by atoms with van der Waals surface area (Å²) in [5.41, 5.74) is 3.59. The molecule has 1 N–H and O–H groups in total. The van der Waals surface area contributed by atoms with E-state index in [-0.39, 0.29) is 0 Å². The van der Waals surface area contributed by atoms with Gasteiger partial charge in [-0.2, -0.15) is 5.10 Å². The van der Waals surface area contributed by atoms with Crippen LogP contribution in [0.15, 0.2) is 4.99 Å². The molecule has 6 nitrogen and oxygen atoms in total. The Morgan fingerprint density at radius 2 is 2.15 bits per heavy atom. The molecule has 0 atom stereocenters. The van der Waals surface area contributed by atoms with Crippen LogP contribution in [0.5, 0.6) is 0 Å². The van der Waals surface area contributed by atoms with Crippen molar-refractivity contribution in [3.63, 3.8) is 0 Å². The van der Waals surface area contributed by atoms with Gasteiger partial charge in [0, 0.05) is 19.6 Å². The van der Waals surface area contributed by atoms with Crippen LogP contribution < -0.4 is 5.32 Å². The van der Waals surface area contributed by atoms with E-state index < -0.39 is 0 Å². The summed E-state index contributed by atoms with van der Waals surface area (Å²) in [6.45, 7) is 8.67. The Kier molecular flexibility index (Phi) is 4.32. The van der Waals surface area contributed by atoms with E-state index in [0.29, 0.717) is 6.54 Å². The molecule has 0 aromatic carbocycles. The van der Waals surface area contributed by atoms with Crippen molar-refractivity contribution >= 4 is 12.0 Å². The van der Waals surface area contributed by atoms with Crippen LogP contribution in [0.1, 0.15) is 24.7 Å². The highest BCUT2D eigenvalue weighted by Gasteiger charge is 2.19. The van der Waals surface area contributed by atoms with Gasteiger partial charge in [-0.25, -0.2) is 0 Å². The smallest absolute Gasteiger partial charge is 0.108 e. The molecule has 0 unspecified atom stereocenters. The van der Waals surface area contributed by atoms with Crippen molar-refractivity contribution in [2.24, 2.45) is 4.99 Å². The van der Waals surface area contributed by atoms with Gasteiger partial charge in [-0.3, -0.25) is 14.6 Å². The number of anilines is 1. The summed E-state index contributed by atoms with van der Waals surface area (Å²) in [7, 11) is 0. The summed E-state index contributed by atoms with van der Waals surface area (Å²) in [5.74, 6) is 0. The molecular weight excluding hydrogens is 254 g/mol. The van der Waals surface area contributed by atoms with E-state index in [9.17, 15) is 0 Å². The number of ether oxygens (including phenoxy) is 1. The van der Waals surface area contributed by atoms with Crippen molar-refractivity contribution in [1.82, 2.24) is 14.7 Å². The molecule has 20 heavy (non-hydrogen) atoms. The minimum absolute atomic E-state index is 0.698. The maximum absolute atomic E-state index is 5.39. The normalized spacial score (nSPS) is 18.9. The molecule has 1 saturated heterocycles. The van der Waals surface area contributed by atoms with Crippen LogP contribution >= 0.6 is 0 Å². The Labute approximate surface area is 119 Å². The second kappa shape index (κ2) is 6.37. The van der Waals surface area contributed by atoms with Crippen molar-refractivity contribution in [1.29, 1.82) is 0 Å². The van der Waals surface area contributed by atoms with E-state index in [1.54, 1.807) is 6.34 Å². The van der Waals surface area contributed by atoms with Crippen molar-refractivity contribution in [2.75, 3.05) is 38.2 Å². The van der Waals surface area contributed by atoms with Crippen molar-refractivity contribution in [3.05, 3.63) is 11.4 Å². The molecule has 1 fully saturated rings. The summed E-state index contributed by atoms with van der Waals surface area (Å²) in [5, 5.41) is 8.00. The first-order valence-corrected chi connectivity index (χ1v) is 7.52. The molecule has 0 radical (unpaired) electrons. The van der Waals surface area contributed by atoms with E-state index in [1.165, 1.54) is 11.4 Å². The molecule has 0 spiro atoms. The van der Waals surface area contributed by atoms with Gasteiger partial charge in [0.1, 0.15) is 5.69 Å². The molecule has 3 heterocycles. The zero-order valence-electron chi connectivity index (χ0n) is 12.1. The van der Waals surface area contributed by atoms with E-state index in [2.05, 4.69) is 26.8 Å². The minimum atomic E-state index is 0.698. The monoisotopic (exact) mass is 277 g/mol. The lowest BCUT2D eigenvalue weighted by Crippen LogP contribution is -2.38. The third-order valence-corrected chi connectivity index (χ3v) is 3.89. The molecule has 6 heteroatoms. The Morgan fingerprint density at radius 3 is 2.95 bits per heavy atom. The second-order valence-electron chi connectivity index (χ2n) is 5.31. The standard InChI is InChI=1S/C14H23N5O/c1-2-3-13-14-12(10-15-11-16-14)17-19(13)5-4-18-6-8-20-9-7-18/h11H,2-10H2,1H3,(H,15,16). The lowest BCUT2D eigenvalue weighted by Gasteiger charge is -2.26. The summed E-state index contributed by atoms with van der Waals surface area (Å²) < 4.78 is 7.56. The molecule has 110 valence electrons. The molecule has 0 saturated carbocycles. The first kappa shape index (κ1) is 13.6. The number of aliphatic imine (C=N–C) groups is 1. The van der Waals surface area contributed by atoms with Crippen molar-refractivity contribution < 1.29 is 4.74 Å². The van der Waals surface area contributed by atoms with Crippen LogP contribution in [0.4, 0.5) is 5.69 Å². The Balaban J connectivity index is 1.69. The maximum atomic E-state index is 5.39. The van der Waals surface area contributed by atoms with Crippen LogP contribution in [0.25, 0.3) is 0 Å². The molecule has 0 bridgehead atoms. The summed E-state index contributed by atoms with van der Waals surface area (Å²) in [6.07, 6.45) is 3.98. The molecule has 3 rings (SSSR count). The quantitative estimate of drug-likeness (QED) is 0.876. The number of nitrogens with zero attached hydrogens (tertiary/aromatic N) is 4. The fourth-order valence-electron chi connectivity index (χ4n) is 2.81. The average molecular weight is 277 g/mol. The van der Waals surface area contributed by atoms with Crippen LogP contribution in [0.2, 0.25) is 0 Å². The minimum Gasteiger partial charge on any atom is -0.379 e. The lowest BCUT2D eigenvalue weighted by molar-refractivity contribution is 0.0358. The first-order valence-electron chi connectivity index (χ1n) is 7.52. The number of morpholine rings is 1. The number of hydrogen-bond acceptors (Lipinski definition) is 5. The predicted molar refractivity (Wildman–Crippen MR) is 79.3 cm³/mol. The predicted octanol–water partition coefficient (Wildman–Crippen LogP) is 1.12. The number of fused-ring (bicyclic) bond motifs is 1. The van der Waals surface area contributed by atoms with Crippen LogP contribution in [0.3, 0.4) is 0 Å². The third-order valence-electron chi connectivity index (χ3n) is 3.89. The zero-order valence-corrected chi connectivity index (χ0v) is 12.1. The number of hydrogen-bond donors (Lipinski definition) is 1. The SMILES string of the molecule is CCCc1c2c(nn1CCN1CCOCC1)CN=CN2. The molecule has 1 aromatic rings. The highest BCUT2D eigenvalue weighted by atomic mass is 16.5. The summed E-state index contributed by atoms with van der Waals surface area (Å²) in [6, 6.07) is 0. The van der Waals surface area contributed by atoms with Gasteiger partial charge in [0.2, 0.25) is 0 Å². The number of nitrogens with one attached hydrogen (secondary N) is 1. The molecule has 2 aliphatic heterocycles. The maximum Gasteiger partial charge on any atom is 0.108 e. The van der Waals surface area contributed by atoms with Gasteiger partial charge in [-0.05, 0) is 6.42 Å². The number of aromatic nitrogens is 2. The third kappa shape index (κ3) is 2.86. The van der Waals surface area contributed by atoms with Crippen LogP contribution in [0, 0.1) is 0 Å². The molecular formula is C14H23N5O. The van der Waals surface area contributed by atoms with Crippen LogP contribution in [-0.4, -0.2) is 53.9 Å². The van der Waals surface area contributed by atoms with Gasteiger partial charge in [0.05, 0.1) is 44.0 Å². The largest absolute Gasteiger partial charge is 0.379 e. The van der Waals surface area contributed by atoms with E-state index >= 15 is 0 Å². The Bertz CT molecular complexity index is 476. The van der Waals surface area contributed by atoms with Gasteiger partial charge >= 0.3 is 0 Å². The van der Waals surface area contributed by atoms with E-state index in [1.807, 2.05) is 0 Å². The highest BCUT2D eigenvalue weighted by Crippen LogP contribution is 2.24. The Morgan fingerprint density at radius 1 is 1.30 bits per heavy atom. The number of rotatable bonds is 5. The van der Waals surface area contributed by atoms with Crippen LogP contribution in [-0.2, 0) is 24.2 Å². The summed E-state index contributed by atoms with van der Waals surface area (Å²) >= 11 is 0. The molecule has 1 aromatic heterocycles. The van der Waals surface area contributed by atoms with E-state index in [0.717, 1.165) is 57.9 Å². The molecule has 2 aliphatic rings.